The summed E-state index contributed by atoms with van der Waals surface area (Å²) < 4.78 is 18.4. The molecule has 0 heterocycles. The molecule has 2 unspecified atom stereocenters. The molecule has 0 fully saturated rings. The first-order valence-corrected chi connectivity index (χ1v) is 6.12. The summed E-state index contributed by atoms with van der Waals surface area (Å²) in [6.45, 7) is 4.00. The fraction of sp³-hybridized carbons (Fsp3) is 0.500. The van der Waals surface area contributed by atoms with Gasteiger partial charge in [-0.2, -0.15) is 0 Å². The van der Waals surface area contributed by atoms with Gasteiger partial charge >= 0.3 is 5.97 Å². The molecule has 0 aliphatic rings. The first kappa shape index (κ1) is 15.4. The highest BCUT2D eigenvalue weighted by atomic mass is 19.1. The van der Waals surface area contributed by atoms with E-state index in [-0.39, 0.29) is 11.8 Å². The number of carboxylic acids is 1. The van der Waals surface area contributed by atoms with Gasteiger partial charge < -0.3 is 9.84 Å². The lowest BCUT2D eigenvalue weighted by molar-refractivity contribution is -0.143. The number of aliphatic carboxylic acids is 1. The Balaban J connectivity index is 2.74. The highest BCUT2D eigenvalue weighted by Crippen LogP contribution is 2.20. The Morgan fingerprint density at radius 3 is 2.58 bits per heavy atom. The van der Waals surface area contributed by atoms with Gasteiger partial charge in [0.25, 0.3) is 0 Å². The Labute approximate surface area is 112 Å². The van der Waals surface area contributed by atoms with Gasteiger partial charge in [0.05, 0.1) is 13.0 Å². The molecular weight excluding hydrogens is 249 g/mol. The average molecular weight is 269 g/mol. The molecule has 1 aromatic rings. The van der Waals surface area contributed by atoms with Gasteiger partial charge in [0.2, 0.25) is 0 Å². The Bertz CT molecular complexity index is 450. The van der Waals surface area contributed by atoms with Crippen LogP contribution in [0.15, 0.2) is 18.2 Å². The van der Waals surface area contributed by atoms with E-state index in [0.29, 0.717) is 6.54 Å². The minimum Gasteiger partial charge on any atom is -0.494 e. The van der Waals surface area contributed by atoms with E-state index >= 15 is 0 Å². The molecule has 4 nitrogen and oxygen atoms in total. The van der Waals surface area contributed by atoms with Crippen molar-refractivity contribution in [3.63, 3.8) is 0 Å². The van der Waals surface area contributed by atoms with Crippen LogP contribution in [0.2, 0.25) is 0 Å². The summed E-state index contributed by atoms with van der Waals surface area (Å²) in [4.78, 5) is 12.8. The Kier molecular flexibility index (Phi) is 5.30. The lowest BCUT2D eigenvalue weighted by Crippen LogP contribution is -2.37. The minimum atomic E-state index is -0.833. The molecule has 0 aliphatic carbocycles. The molecule has 0 saturated carbocycles. The number of carboxylic acid groups (broad SMARTS) is 1. The first-order valence-electron chi connectivity index (χ1n) is 6.12. The number of nitrogens with zero attached hydrogens (tertiary/aromatic N) is 1. The van der Waals surface area contributed by atoms with E-state index in [0.717, 1.165) is 5.56 Å². The van der Waals surface area contributed by atoms with Crippen LogP contribution in [0.1, 0.15) is 19.4 Å². The number of ether oxygens (including phenoxy) is 1. The van der Waals surface area contributed by atoms with Crippen molar-refractivity contribution in [3.8, 4) is 5.75 Å². The fourth-order valence-corrected chi connectivity index (χ4v) is 1.83. The zero-order valence-corrected chi connectivity index (χ0v) is 11.7. The van der Waals surface area contributed by atoms with Crippen molar-refractivity contribution in [1.82, 2.24) is 4.90 Å². The van der Waals surface area contributed by atoms with E-state index in [1.54, 1.807) is 19.1 Å². The average Bonchev–Trinajstić information content (AvgIpc) is 2.37. The van der Waals surface area contributed by atoms with E-state index in [1.807, 2.05) is 18.9 Å². The third-order valence-electron chi connectivity index (χ3n) is 3.46. The van der Waals surface area contributed by atoms with Gasteiger partial charge in [0.1, 0.15) is 0 Å². The number of carbonyl (C=O) groups is 1. The summed E-state index contributed by atoms with van der Waals surface area (Å²) >= 11 is 0. The summed E-state index contributed by atoms with van der Waals surface area (Å²) in [6.07, 6.45) is 0. The molecule has 0 saturated heterocycles. The molecule has 5 heteroatoms. The van der Waals surface area contributed by atoms with E-state index in [1.165, 1.54) is 13.2 Å². The van der Waals surface area contributed by atoms with Crippen molar-refractivity contribution >= 4 is 5.97 Å². The summed E-state index contributed by atoms with van der Waals surface area (Å²) in [5.74, 6) is -1.51. The zero-order valence-electron chi connectivity index (χ0n) is 11.7. The maximum Gasteiger partial charge on any atom is 0.307 e. The van der Waals surface area contributed by atoms with Crippen molar-refractivity contribution in [1.29, 1.82) is 0 Å². The number of benzene rings is 1. The van der Waals surface area contributed by atoms with E-state index in [2.05, 4.69) is 0 Å². The van der Waals surface area contributed by atoms with Gasteiger partial charge in [-0.25, -0.2) is 4.39 Å². The molecule has 1 N–H and O–H groups in total. The normalized spacial score (nSPS) is 14.2. The third-order valence-corrected chi connectivity index (χ3v) is 3.46. The fourth-order valence-electron chi connectivity index (χ4n) is 1.83. The second-order valence-electron chi connectivity index (χ2n) is 4.75. The molecule has 1 aromatic carbocycles. The molecule has 0 radical (unpaired) electrons. The number of methoxy groups -OCH3 is 1. The monoisotopic (exact) mass is 269 g/mol. The van der Waals surface area contributed by atoms with E-state index in [4.69, 9.17) is 9.84 Å². The summed E-state index contributed by atoms with van der Waals surface area (Å²) in [5.41, 5.74) is 0.783. The number of halogens is 1. The number of hydrogen-bond acceptors (Lipinski definition) is 3. The lowest BCUT2D eigenvalue weighted by atomic mass is 10.0. The van der Waals surface area contributed by atoms with Crippen LogP contribution in [0.5, 0.6) is 5.75 Å². The van der Waals surface area contributed by atoms with Gasteiger partial charge in [-0.1, -0.05) is 13.0 Å². The van der Waals surface area contributed by atoms with Crippen LogP contribution < -0.4 is 4.74 Å². The molecule has 0 aromatic heterocycles. The van der Waals surface area contributed by atoms with Gasteiger partial charge in [-0.05, 0) is 31.7 Å². The molecule has 0 amide bonds. The molecule has 106 valence electrons. The van der Waals surface area contributed by atoms with Crippen molar-refractivity contribution in [2.45, 2.75) is 26.4 Å². The maximum atomic E-state index is 13.6. The molecule has 0 aliphatic heterocycles. The standard InChI is InChI=1S/C14H20FNO3/c1-9(14(17)18)10(2)16(3)8-11-5-6-13(19-4)12(15)7-11/h5-7,9-10H,8H2,1-4H3,(H,17,18). The van der Waals surface area contributed by atoms with E-state index < -0.39 is 17.7 Å². The molecule has 2 atom stereocenters. The summed E-state index contributed by atoms with van der Waals surface area (Å²) in [6, 6.07) is 4.62. The van der Waals surface area contributed by atoms with Crippen molar-refractivity contribution < 1.29 is 19.0 Å². The Morgan fingerprint density at radius 2 is 2.11 bits per heavy atom. The lowest BCUT2D eigenvalue weighted by Gasteiger charge is -2.27. The highest BCUT2D eigenvalue weighted by molar-refractivity contribution is 5.70. The van der Waals surface area contributed by atoms with Crippen LogP contribution in [0.25, 0.3) is 0 Å². The summed E-state index contributed by atoms with van der Waals surface area (Å²) in [5, 5.41) is 8.98. The first-order chi connectivity index (χ1) is 8.86. The summed E-state index contributed by atoms with van der Waals surface area (Å²) in [7, 11) is 3.24. The topological polar surface area (TPSA) is 49.8 Å². The quantitative estimate of drug-likeness (QED) is 0.861. The molecule has 0 spiro atoms. The van der Waals surface area contributed by atoms with Crippen LogP contribution >= 0.6 is 0 Å². The van der Waals surface area contributed by atoms with Crippen LogP contribution in [-0.4, -0.2) is 36.2 Å². The SMILES string of the molecule is COc1ccc(CN(C)C(C)C(C)C(=O)O)cc1F. The Hall–Kier alpha value is -1.62. The largest absolute Gasteiger partial charge is 0.494 e. The zero-order chi connectivity index (χ0) is 14.6. The van der Waals surface area contributed by atoms with Crippen LogP contribution in [0.4, 0.5) is 4.39 Å². The predicted molar refractivity (Wildman–Crippen MR) is 70.7 cm³/mol. The van der Waals surface area contributed by atoms with Crippen molar-refractivity contribution in [2.24, 2.45) is 5.92 Å². The third kappa shape index (κ3) is 3.92. The maximum absolute atomic E-state index is 13.6. The van der Waals surface area contributed by atoms with E-state index in [9.17, 15) is 9.18 Å². The number of rotatable bonds is 6. The molecule has 1 rings (SSSR count). The molecule has 19 heavy (non-hydrogen) atoms. The Morgan fingerprint density at radius 1 is 1.47 bits per heavy atom. The molecular formula is C14H20FNO3. The second-order valence-corrected chi connectivity index (χ2v) is 4.75. The van der Waals surface area contributed by atoms with Crippen LogP contribution in [-0.2, 0) is 11.3 Å². The van der Waals surface area contributed by atoms with Crippen LogP contribution in [0.3, 0.4) is 0 Å². The second kappa shape index (κ2) is 6.52. The van der Waals surface area contributed by atoms with Gasteiger partial charge in [-0.15, -0.1) is 0 Å². The van der Waals surface area contributed by atoms with Crippen LogP contribution in [0, 0.1) is 11.7 Å². The van der Waals surface area contributed by atoms with Crippen molar-refractivity contribution in [2.75, 3.05) is 14.2 Å². The van der Waals surface area contributed by atoms with Gasteiger partial charge in [0.15, 0.2) is 11.6 Å². The van der Waals surface area contributed by atoms with Gasteiger partial charge in [0, 0.05) is 12.6 Å². The minimum absolute atomic E-state index is 0.136. The van der Waals surface area contributed by atoms with Gasteiger partial charge in [-0.3, -0.25) is 9.69 Å². The number of hydrogen-bond donors (Lipinski definition) is 1. The van der Waals surface area contributed by atoms with Crippen molar-refractivity contribution in [3.05, 3.63) is 29.6 Å². The predicted octanol–water partition coefficient (Wildman–Crippen LogP) is 2.38. The highest BCUT2D eigenvalue weighted by Gasteiger charge is 2.23. The molecule has 0 bridgehead atoms. The smallest absolute Gasteiger partial charge is 0.307 e.